The second-order valence-electron chi connectivity index (χ2n) is 4.45. The molecule has 3 N–H and O–H groups in total. The molecule has 106 valence electrons. The van der Waals surface area contributed by atoms with E-state index in [0.717, 1.165) is 5.69 Å². The number of hydrogen-bond donors (Lipinski definition) is 2. The smallest absolute Gasteiger partial charge is 0.325 e. The number of methoxy groups -OCH3 is 1. The van der Waals surface area contributed by atoms with Crippen molar-refractivity contribution in [1.82, 2.24) is 15.1 Å². The van der Waals surface area contributed by atoms with Gasteiger partial charge in [-0.2, -0.15) is 5.10 Å². The predicted octanol–water partition coefficient (Wildman–Crippen LogP) is 0.750. The largest absolute Gasteiger partial charge is 0.468 e. The van der Waals surface area contributed by atoms with Crippen LogP contribution in [0.2, 0.25) is 0 Å². The van der Waals surface area contributed by atoms with Gasteiger partial charge in [0.15, 0.2) is 5.69 Å². The fourth-order valence-electron chi connectivity index (χ4n) is 1.66. The highest BCUT2D eigenvalue weighted by atomic mass is 16.5. The Morgan fingerprint density at radius 1 is 1.47 bits per heavy atom. The van der Waals surface area contributed by atoms with Crippen molar-refractivity contribution in [1.29, 1.82) is 0 Å². The molecule has 0 aliphatic carbocycles. The number of aromatic nitrogens is 2. The summed E-state index contributed by atoms with van der Waals surface area (Å²) in [6.45, 7) is 5.92. The number of nitrogens with two attached hydrogens (primary N) is 1. The van der Waals surface area contributed by atoms with Gasteiger partial charge < -0.3 is 15.4 Å². The Bertz CT molecular complexity index is 468. The minimum Gasteiger partial charge on any atom is -0.468 e. The number of ether oxygens (including phenoxy) is 1. The van der Waals surface area contributed by atoms with Crippen LogP contribution in [0.3, 0.4) is 0 Å². The lowest BCUT2D eigenvalue weighted by Crippen LogP contribution is -2.36. The number of amides is 1. The van der Waals surface area contributed by atoms with Crippen LogP contribution in [0.25, 0.3) is 0 Å². The summed E-state index contributed by atoms with van der Waals surface area (Å²) in [6, 6.07) is 0. The van der Waals surface area contributed by atoms with Crippen molar-refractivity contribution in [2.45, 2.75) is 26.7 Å². The summed E-state index contributed by atoms with van der Waals surface area (Å²) in [6.07, 6.45) is 0. The van der Waals surface area contributed by atoms with E-state index >= 15 is 0 Å². The predicted molar refractivity (Wildman–Crippen MR) is 70.7 cm³/mol. The molecular formula is C12H20N4O3. The molecule has 19 heavy (non-hydrogen) atoms. The van der Waals surface area contributed by atoms with Gasteiger partial charge in [0.25, 0.3) is 5.91 Å². The maximum atomic E-state index is 12.2. The number of carbonyl (C=O) groups is 2. The summed E-state index contributed by atoms with van der Waals surface area (Å²) in [5.74, 6) is -0.716. The second-order valence-corrected chi connectivity index (χ2v) is 4.45. The molecule has 7 nitrogen and oxygen atoms in total. The number of H-pyrrole nitrogens is 1. The summed E-state index contributed by atoms with van der Waals surface area (Å²) in [5.41, 5.74) is 7.11. The van der Waals surface area contributed by atoms with E-state index in [1.165, 1.54) is 12.0 Å². The Morgan fingerprint density at radius 3 is 2.53 bits per heavy atom. The normalized spacial score (nSPS) is 10.6. The number of carbonyl (C=O) groups excluding carboxylic acids is 2. The molecule has 0 saturated carbocycles. The van der Waals surface area contributed by atoms with Crippen molar-refractivity contribution in [3.8, 4) is 0 Å². The molecule has 0 radical (unpaired) electrons. The van der Waals surface area contributed by atoms with Crippen LogP contribution in [0.4, 0.5) is 5.69 Å². The van der Waals surface area contributed by atoms with Crippen LogP contribution in [-0.2, 0) is 9.53 Å². The molecule has 1 heterocycles. The van der Waals surface area contributed by atoms with Gasteiger partial charge in [-0.05, 0) is 12.8 Å². The molecule has 1 aromatic rings. The van der Waals surface area contributed by atoms with Crippen molar-refractivity contribution < 1.29 is 14.3 Å². The quantitative estimate of drug-likeness (QED) is 0.767. The zero-order valence-corrected chi connectivity index (χ0v) is 11.7. The van der Waals surface area contributed by atoms with Gasteiger partial charge in [0.2, 0.25) is 0 Å². The highest BCUT2D eigenvalue weighted by molar-refractivity contribution is 5.99. The fourth-order valence-corrected chi connectivity index (χ4v) is 1.66. The third kappa shape index (κ3) is 3.24. The first-order valence-corrected chi connectivity index (χ1v) is 6.12. The first-order chi connectivity index (χ1) is 8.92. The van der Waals surface area contributed by atoms with E-state index in [1.807, 2.05) is 13.8 Å². The number of nitrogens with one attached hydrogen (secondary N) is 1. The summed E-state index contributed by atoms with van der Waals surface area (Å²) >= 11 is 0. The number of esters is 1. The van der Waals surface area contributed by atoms with Crippen molar-refractivity contribution in [3.05, 3.63) is 11.4 Å². The lowest BCUT2D eigenvalue weighted by Gasteiger charge is -2.18. The maximum Gasteiger partial charge on any atom is 0.325 e. The van der Waals surface area contributed by atoms with Gasteiger partial charge in [-0.25, -0.2) is 0 Å². The van der Waals surface area contributed by atoms with Gasteiger partial charge in [-0.1, -0.05) is 13.8 Å². The van der Waals surface area contributed by atoms with Crippen LogP contribution in [0.1, 0.15) is 42.9 Å². The summed E-state index contributed by atoms with van der Waals surface area (Å²) in [4.78, 5) is 24.8. The Labute approximate surface area is 112 Å². The van der Waals surface area contributed by atoms with Crippen LogP contribution in [0, 0.1) is 0 Å². The number of likely N-dealkylation sites (N-methyl/N-ethyl adjacent to an activating group) is 1. The van der Waals surface area contributed by atoms with Crippen LogP contribution in [0.15, 0.2) is 0 Å². The highest BCUT2D eigenvalue weighted by Crippen LogP contribution is 2.22. The monoisotopic (exact) mass is 268 g/mol. The second kappa shape index (κ2) is 6.21. The van der Waals surface area contributed by atoms with Crippen molar-refractivity contribution in [2.24, 2.45) is 0 Å². The standard InChI is InChI=1S/C12H20N4O3/c1-5-16(6-8(17)19-4)12(18)11-9(13)10(7(2)3)14-15-11/h7H,5-6,13H2,1-4H3,(H,14,15). The third-order valence-corrected chi connectivity index (χ3v) is 2.83. The zero-order valence-electron chi connectivity index (χ0n) is 11.7. The van der Waals surface area contributed by atoms with E-state index in [2.05, 4.69) is 14.9 Å². The van der Waals surface area contributed by atoms with Gasteiger partial charge in [0.05, 0.1) is 18.5 Å². The van der Waals surface area contributed by atoms with Gasteiger partial charge in [-0.3, -0.25) is 14.7 Å². The average molecular weight is 268 g/mol. The van der Waals surface area contributed by atoms with E-state index in [4.69, 9.17) is 5.73 Å². The van der Waals surface area contributed by atoms with Crippen LogP contribution in [0.5, 0.6) is 0 Å². The van der Waals surface area contributed by atoms with E-state index in [0.29, 0.717) is 12.2 Å². The lowest BCUT2D eigenvalue weighted by atomic mass is 10.1. The van der Waals surface area contributed by atoms with Crippen LogP contribution >= 0.6 is 0 Å². The molecule has 1 aromatic heterocycles. The van der Waals surface area contributed by atoms with E-state index in [9.17, 15) is 9.59 Å². The Kier molecular flexibility index (Phi) is 4.91. The van der Waals surface area contributed by atoms with Gasteiger partial charge in [0, 0.05) is 6.54 Å². The number of nitrogens with zero attached hydrogens (tertiary/aromatic N) is 2. The maximum absolute atomic E-state index is 12.2. The minimum atomic E-state index is -0.478. The molecular weight excluding hydrogens is 248 g/mol. The van der Waals surface area contributed by atoms with E-state index < -0.39 is 5.97 Å². The molecule has 0 aliphatic rings. The Balaban J connectivity index is 2.95. The molecule has 0 aromatic carbocycles. The first kappa shape index (κ1) is 15.0. The molecule has 7 heteroatoms. The van der Waals surface area contributed by atoms with Gasteiger partial charge >= 0.3 is 5.97 Å². The lowest BCUT2D eigenvalue weighted by molar-refractivity contribution is -0.141. The number of hydrogen-bond acceptors (Lipinski definition) is 5. The zero-order chi connectivity index (χ0) is 14.6. The Hall–Kier alpha value is -2.05. The average Bonchev–Trinajstić information content (AvgIpc) is 2.76. The highest BCUT2D eigenvalue weighted by Gasteiger charge is 2.24. The number of aromatic amines is 1. The SMILES string of the molecule is CCN(CC(=O)OC)C(=O)c1n[nH]c(C(C)C)c1N. The summed E-state index contributed by atoms with van der Waals surface area (Å²) in [7, 11) is 1.28. The molecule has 1 amide bonds. The van der Waals surface area contributed by atoms with Crippen molar-refractivity contribution >= 4 is 17.6 Å². The number of rotatable bonds is 5. The number of nitrogen functional groups attached to an aromatic ring is 1. The van der Waals surface area contributed by atoms with E-state index in [1.54, 1.807) is 6.92 Å². The topological polar surface area (TPSA) is 101 Å². The van der Waals surface area contributed by atoms with Crippen LogP contribution < -0.4 is 5.73 Å². The summed E-state index contributed by atoms with van der Waals surface area (Å²) in [5, 5.41) is 6.71. The first-order valence-electron chi connectivity index (χ1n) is 6.12. The molecule has 0 atom stereocenters. The molecule has 0 spiro atoms. The van der Waals surface area contributed by atoms with E-state index in [-0.39, 0.29) is 24.1 Å². The van der Waals surface area contributed by atoms with Gasteiger partial charge in [0.1, 0.15) is 6.54 Å². The third-order valence-electron chi connectivity index (χ3n) is 2.83. The van der Waals surface area contributed by atoms with Gasteiger partial charge in [-0.15, -0.1) is 0 Å². The molecule has 0 bridgehead atoms. The van der Waals surface area contributed by atoms with Crippen molar-refractivity contribution in [3.63, 3.8) is 0 Å². The molecule has 0 fully saturated rings. The van der Waals surface area contributed by atoms with Crippen LogP contribution in [-0.4, -0.2) is 47.2 Å². The van der Waals surface area contributed by atoms with Crippen molar-refractivity contribution in [2.75, 3.05) is 25.9 Å². The molecule has 1 rings (SSSR count). The molecule has 0 aliphatic heterocycles. The fraction of sp³-hybridized carbons (Fsp3) is 0.583. The molecule has 0 unspecified atom stereocenters. The summed E-state index contributed by atoms with van der Waals surface area (Å²) < 4.78 is 4.55. The Morgan fingerprint density at radius 2 is 2.11 bits per heavy atom. The number of anilines is 1. The minimum absolute atomic E-state index is 0.116. The molecule has 0 saturated heterocycles.